The lowest BCUT2D eigenvalue weighted by Crippen LogP contribution is -2.47. The minimum atomic E-state index is -0.984. The van der Waals surface area contributed by atoms with Crippen LogP contribution in [0.1, 0.15) is 26.2 Å². The number of nitrogens with one attached hydrogen (secondary N) is 1. The summed E-state index contributed by atoms with van der Waals surface area (Å²) in [6.45, 7) is 3.03. The molecule has 1 aliphatic heterocycles. The van der Waals surface area contributed by atoms with Crippen molar-refractivity contribution in [2.75, 3.05) is 20.2 Å². The molecule has 0 aromatic carbocycles. The number of carboxylic acids is 1. The molecule has 0 aromatic heterocycles. The molecule has 2 N–H and O–H groups in total. The first-order chi connectivity index (χ1) is 8.08. The Morgan fingerprint density at radius 2 is 2.29 bits per heavy atom. The van der Waals surface area contributed by atoms with Gasteiger partial charge in [-0.05, 0) is 12.8 Å². The Morgan fingerprint density at radius 1 is 1.59 bits per heavy atom. The van der Waals surface area contributed by atoms with Crippen molar-refractivity contribution in [3.05, 3.63) is 0 Å². The van der Waals surface area contributed by atoms with Gasteiger partial charge in [-0.2, -0.15) is 0 Å². The second-order valence-electron chi connectivity index (χ2n) is 4.22. The maximum atomic E-state index is 11.8. The van der Waals surface area contributed by atoms with Gasteiger partial charge in [0.15, 0.2) is 0 Å². The Kier molecular flexibility index (Phi) is 5.21. The van der Waals surface area contributed by atoms with E-state index in [4.69, 9.17) is 9.84 Å². The third-order valence-electron chi connectivity index (χ3n) is 2.94. The molecule has 1 heterocycles. The number of nitrogens with zero attached hydrogens (tertiary/aromatic N) is 1. The summed E-state index contributed by atoms with van der Waals surface area (Å²) >= 11 is 0. The summed E-state index contributed by atoms with van der Waals surface area (Å²) in [5, 5.41) is 11.5. The van der Waals surface area contributed by atoms with Gasteiger partial charge in [0, 0.05) is 20.2 Å². The van der Waals surface area contributed by atoms with Crippen molar-refractivity contribution in [3.8, 4) is 0 Å². The van der Waals surface area contributed by atoms with Gasteiger partial charge in [-0.3, -0.25) is 0 Å². The molecule has 0 bridgehead atoms. The predicted molar refractivity (Wildman–Crippen MR) is 61.9 cm³/mol. The van der Waals surface area contributed by atoms with Gasteiger partial charge in [0.05, 0.1) is 6.10 Å². The Morgan fingerprint density at radius 3 is 2.76 bits per heavy atom. The smallest absolute Gasteiger partial charge is 0.326 e. The van der Waals surface area contributed by atoms with Crippen LogP contribution in [-0.4, -0.2) is 54.4 Å². The summed E-state index contributed by atoms with van der Waals surface area (Å²) in [6, 6.07) is -1.11. The molecular weight excluding hydrogens is 224 g/mol. The van der Waals surface area contributed by atoms with Crippen LogP contribution < -0.4 is 5.32 Å². The number of likely N-dealkylation sites (tertiary alicyclic amines) is 1. The van der Waals surface area contributed by atoms with Crippen molar-refractivity contribution in [3.63, 3.8) is 0 Å². The molecule has 98 valence electrons. The predicted octanol–water partition coefficient (Wildman–Crippen LogP) is 0.670. The topological polar surface area (TPSA) is 78.9 Å². The van der Waals surface area contributed by atoms with E-state index < -0.39 is 12.0 Å². The molecule has 1 aliphatic rings. The van der Waals surface area contributed by atoms with Gasteiger partial charge in [0.25, 0.3) is 0 Å². The fraction of sp³-hybridized carbons (Fsp3) is 0.818. The monoisotopic (exact) mass is 244 g/mol. The fourth-order valence-corrected chi connectivity index (χ4v) is 1.89. The molecule has 0 aliphatic carbocycles. The molecular formula is C11H20N2O4. The van der Waals surface area contributed by atoms with Crippen molar-refractivity contribution in [1.82, 2.24) is 10.2 Å². The zero-order valence-corrected chi connectivity index (χ0v) is 10.3. The van der Waals surface area contributed by atoms with E-state index in [1.165, 1.54) is 0 Å². The van der Waals surface area contributed by atoms with E-state index >= 15 is 0 Å². The van der Waals surface area contributed by atoms with Gasteiger partial charge in [-0.1, -0.05) is 13.3 Å². The van der Waals surface area contributed by atoms with Gasteiger partial charge >= 0.3 is 12.0 Å². The minimum absolute atomic E-state index is 0.0650. The first-order valence-electron chi connectivity index (χ1n) is 5.89. The number of hydrogen-bond acceptors (Lipinski definition) is 3. The molecule has 1 saturated heterocycles. The molecule has 2 amide bonds. The Hall–Kier alpha value is -1.30. The molecule has 1 fully saturated rings. The van der Waals surface area contributed by atoms with E-state index in [9.17, 15) is 9.59 Å². The number of carbonyl (C=O) groups excluding carboxylic acids is 1. The number of carbonyl (C=O) groups is 2. The largest absolute Gasteiger partial charge is 0.480 e. The van der Waals surface area contributed by atoms with Crippen LogP contribution in [0.15, 0.2) is 0 Å². The number of ether oxygens (including phenoxy) is 1. The van der Waals surface area contributed by atoms with Crippen LogP contribution in [-0.2, 0) is 9.53 Å². The summed E-state index contributed by atoms with van der Waals surface area (Å²) in [7, 11) is 1.61. The molecule has 1 rings (SSSR count). The molecule has 6 nitrogen and oxygen atoms in total. The van der Waals surface area contributed by atoms with Crippen LogP contribution >= 0.6 is 0 Å². The van der Waals surface area contributed by atoms with E-state index in [0.29, 0.717) is 19.5 Å². The number of aliphatic carboxylic acids is 1. The average Bonchev–Trinajstić information content (AvgIpc) is 2.76. The zero-order chi connectivity index (χ0) is 12.8. The number of methoxy groups -OCH3 is 1. The summed E-state index contributed by atoms with van der Waals surface area (Å²) in [5.41, 5.74) is 0. The van der Waals surface area contributed by atoms with Crippen molar-refractivity contribution in [2.24, 2.45) is 0 Å². The normalized spacial score (nSPS) is 21.3. The number of urea groups is 1. The van der Waals surface area contributed by atoms with E-state index in [0.717, 1.165) is 12.8 Å². The van der Waals surface area contributed by atoms with Crippen LogP contribution in [0.4, 0.5) is 4.79 Å². The third-order valence-corrected chi connectivity index (χ3v) is 2.94. The second kappa shape index (κ2) is 6.44. The zero-order valence-electron chi connectivity index (χ0n) is 10.3. The van der Waals surface area contributed by atoms with E-state index in [1.54, 1.807) is 12.0 Å². The van der Waals surface area contributed by atoms with Crippen LogP contribution in [0, 0.1) is 0 Å². The number of amides is 2. The molecule has 1 unspecified atom stereocenters. The quantitative estimate of drug-likeness (QED) is 0.745. The molecule has 0 spiro atoms. The van der Waals surface area contributed by atoms with Crippen molar-refractivity contribution in [1.29, 1.82) is 0 Å². The molecule has 0 radical (unpaired) electrons. The van der Waals surface area contributed by atoms with Crippen molar-refractivity contribution < 1.29 is 19.4 Å². The van der Waals surface area contributed by atoms with E-state index in [2.05, 4.69) is 5.32 Å². The first-order valence-corrected chi connectivity index (χ1v) is 5.89. The van der Waals surface area contributed by atoms with Crippen LogP contribution in [0.2, 0.25) is 0 Å². The van der Waals surface area contributed by atoms with Crippen LogP contribution in [0.3, 0.4) is 0 Å². The SMILES string of the molecule is CCC[C@@H](NC(=O)N1CCC(OC)C1)C(=O)O. The Balaban J connectivity index is 2.45. The van der Waals surface area contributed by atoms with Gasteiger partial charge in [-0.15, -0.1) is 0 Å². The maximum absolute atomic E-state index is 11.8. The third kappa shape index (κ3) is 3.89. The minimum Gasteiger partial charge on any atom is -0.480 e. The van der Waals surface area contributed by atoms with E-state index in [1.807, 2.05) is 6.92 Å². The second-order valence-corrected chi connectivity index (χ2v) is 4.22. The highest BCUT2D eigenvalue weighted by Crippen LogP contribution is 2.12. The fourth-order valence-electron chi connectivity index (χ4n) is 1.89. The summed E-state index contributed by atoms with van der Waals surface area (Å²) in [4.78, 5) is 24.3. The molecule has 0 aromatic rings. The first kappa shape index (κ1) is 13.8. The van der Waals surface area contributed by atoms with Crippen molar-refractivity contribution in [2.45, 2.75) is 38.3 Å². The van der Waals surface area contributed by atoms with Gasteiger partial charge < -0.3 is 20.1 Å². The highest BCUT2D eigenvalue weighted by atomic mass is 16.5. The standard InChI is InChI=1S/C11H20N2O4/c1-3-4-9(10(14)15)12-11(16)13-6-5-8(7-13)17-2/h8-9H,3-7H2,1-2H3,(H,12,16)(H,14,15)/t8?,9-/m1/s1. The molecule has 0 saturated carbocycles. The van der Waals surface area contributed by atoms with Crippen molar-refractivity contribution >= 4 is 12.0 Å². The average molecular weight is 244 g/mol. The number of carboxylic acid groups (broad SMARTS) is 1. The lowest BCUT2D eigenvalue weighted by molar-refractivity contribution is -0.139. The lowest BCUT2D eigenvalue weighted by Gasteiger charge is -2.20. The molecule has 6 heteroatoms. The highest BCUT2D eigenvalue weighted by molar-refractivity contribution is 5.82. The Bertz CT molecular complexity index is 283. The number of rotatable bonds is 5. The maximum Gasteiger partial charge on any atom is 0.326 e. The van der Waals surface area contributed by atoms with Gasteiger partial charge in [0.1, 0.15) is 6.04 Å². The van der Waals surface area contributed by atoms with Gasteiger partial charge in [0.2, 0.25) is 0 Å². The highest BCUT2D eigenvalue weighted by Gasteiger charge is 2.28. The summed E-state index contributed by atoms with van der Waals surface area (Å²) in [5.74, 6) is -0.984. The van der Waals surface area contributed by atoms with Gasteiger partial charge in [-0.25, -0.2) is 9.59 Å². The number of hydrogen-bond donors (Lipinski definition) is 2. The van der Waals surface area contributed by atoms with Crippen LogP contribution in [0.25, 0.3) is 0 Å². The van der Waals surface area contributed by atoms with E-state index in [-0.39, 0.29) is 12.1 Å². The molecule has 2 atom stereocenters. The Labute approximate surface area is 101 Å². The van der Waals surface area contributed by atoms with Crippen LogP contribution in [0.5, 0.6) is 0 Å². The lowest BCUT2D eigenvalue weighted by atomic mass is 10.2. The molecule has 17 heavy (non-hydrogen) atoms. The summed E-state index contributed by atoms with van der Waals surface area (Å²) < 4.78 is 5.15. The summed E-state index contributed by atoms with van der Waals surface area (Å²) in [6.07, 6.45) is 2.03.